The van der Waals surface area contributed by atoms with Crippen molar-refractivity contribution in [1.82, 2.24) is 29.5 Å². The van der Waals surface area contributed by atoms with Gasteiger partial charge in [-0.3, -0.25) is 0 Å². The monoisotopic (exact) mass is 824 g/mol. The quantitative estimate of drug-likeness (QED) is 0.166. The van der Waals surface area contributed by atoms with Gasteiger partial charge in [0.1, 0.15) is 16.8 Å². The molecule has 0 unspecified atom stereocenters. The molecule has 0 atom stereocenters. The van der Waals surface area contributed by atoms with E-state index in [4.69, 9.17) is 29.3 Å². The Labute approximate surface area is 364 Å². The van der Waals surface area contributed by atoms with Crippen molar-refractivity contribution < 1.29 is 4.42 Å². The lowest BCUT2D eigenvalue weighted by molar-refractivity contribution is 0.667. The van der Waals surface area contributed by atoms with E-state index in [1.54, 1.807) is 11.3 Å². The number of thiophene rings is 1. The maximum atomic E-state index is 6.39. The molecule has 13 aromatic rings. The molecule has 0 saturated carbocycles. The van der Waals surface area contributed by atoms with Crippen LogP contribution in [0, 0.1) is 0 Å². The first-order valence-corrected chi connectivity index (χ1v) is 21.7. The fourth-order valence-corrected chi connectivity index (χ4v) is 10.3. The van der Waals surface area contributed by atoms with Gasteiger partial charge in [-0.1, -0.05) is 146 Å². The number of fused-ring (bicyclic) bond motifs is 9. The fourth-order valence-electron chi connectivity index (χ4n) is 9.02. The van der Waals surface area contributed by atoms with Crippen LogP contribution in [-0.2, 0) is 0 Å². The summed E-state index contributed by atoms with van der Waals surface area (Å²) >= 11 is 1.73. The highest BCUT2D eigenvalue weighted by Crippen LogP contribution is 2.43. The molecule has 0 amide bonds. The topological polar surface area (TPSA) is 82.5 Å². The number of furan rings is 1. The van der Waals surface area contributed by atoms with Crippen LogP contribution in [0.2, 0.25) is 0 Å². The van der Waals surface area contributed by atoms with Crippen molar-refractivity contribution in [1.29, 1.82) is 0 Å². The van der Waals surface area contributed by atoms with Gasteiger partial charge in [0.2, 0.25) is 0 Å². The normalized spacial score (nSPS) is 11.8. The maximum absolute atomic E-state index is 6.39. The summed E-state index contributed by atoms with van der Waals surface area (Å²) in [6.07, 6.45) is 0. The smallest absolute Gasteiger partial charge is 0.180 e. The van der Waals surface area contributed by atoms with Gasteiger partial charge in [-0.2, -0.15) is 0 Å². The molecule has 294 valence electrons. The summed E-state index contributed by atoms with van der Waals surface area (Å²) in [5.74, 6) is 2.50. The Morgan fingerprint density at radius 3 is 1.86 bits per heavy atom. The fraction of sp³-hybridized carbons (Fsp3) is 0. The van der Waals surface area contributed by atoms with E-state index in [1.807, 2.05) is 54.6 Å². The second kappa shape index (κ2) is 14.1. The molecule has 0 saturated heterocycles. The van der Waals surface area contributed by atoms with Gasteiger partial charge in [-0.15, -0.1) is 11.3 Å². The highest BCUT2D eigenvalue weighted by molar-refractivity contribution is 7.26. The number of nitrogens with zero attached hydrogens (tertiary/aromatic N) is 6. The van der Waals surface area contributed by atoms with Crippen LogP contribution in [0.25, 0.3) is 127 Å². The van der Waals surface area contributed by atoms with E-state index in [9.17, 15) is 0 Å². The van der Waals surface area contributed by atoms with Gasteiger partial charge < -0.3 is 8.98 Å². The van der Waals surface area contributed by atoms with Gasteiger partial charge in [0.25, 0.3) is 0 Å². The van der Waals surface area contributed by atoms with E-state index in [0.29, 0.717) is 28.9 Å². The lowest BCUT2D eigenvalue weighted by Gasteiger charge is -2.11. The van der Waals surface area contributed by atoms with Crippen molar-refractivity contribution in [3.8, 4) is 62.5 Å². The van der Waals surface area contributed by atoms with E-state index >= 15 is 0 Å². The summed E-state index contributed by atoms with van der Waals surface area (Å²) in [6, 6.07) is 66.8. The lowest BCUT2D eigenvalue weighted by atomic mass is 10.0. The largest absolute Gasteiger partial charge is 0.452 e. The van der Waals surface area contributed by atoms with Crippen LogP contribution < -0.4 is 0 Å². The SMILES string of the molecule is c1ccc(-c2nc(-c3cccc4c3sc3cc(-c5nc(-c6ccccc6)c6oc7ccccc7c6n5)ccc34)nc(-c3cccc4c3c3ccccc3n4-c3ccccc3)n2)cc1. The van der Waals surface area contributed by atoms with Gasteiger partial charge in [0.05, 0.1) is 11.0 Å². The summed E-state index contributed by atoms with van der Waals surface area (Å²) < 4.78 is 10.9. The third-order valence-electron chi connectivity index (χ3n) is 11.9. The van der Waals surface area contributed by atoms with Crippen molar-refractivity contribution in [3.63, 3.8) is 0 Å². The molecule has 0 aliphatic carbocycles. The third-order valence-corrected chi connectivity index (χ3v) is 13.1. The molecule has 7 nitrogen and oxygen atoms in total. The molecule has 0 N–H and O–H groups in total. The zero-order valence-corrected chi connectivity index (χ0v) is 34.3. The standard InChI is InChI=1S/C55H32N6OS/c1-4-16-33(17-5-1)48-50-49(40-23-11-13-29-45(40)62-50)57-53(56-48)35-30-31-37-38-24-14-26-42(51(38)63-46(37)32-35)55-59-52(34-18-6-2-7-19-34)58-54(60-55)41-25-15-28-44-47(41)39-22-10-12-27-43(39)61(44)36-20-8-3-9-21-36/h1-32H. The minimum absolute atomic E-state index is 0.619. The van der Waals surface area contributed by atoms with Crippen LogP contribution >= 0.6 is 11.3 Å². The molecule has 13 rings (SSSR count). The van der Waals surface area contributed by atoms with E-state index in [-0.39, 0.29) is 0 Å². The number of hydrogen-bond donors (Lipinski definition) is 0. The van der Waals surface area contributed by atoms with Crippen molar-refractivity contribution in [2.75, 3.05) is 0 Å². The van der Waals surface area contributed by atoms with Crippen molar-refractivity contribution in [2.45, 2.75) is 0 Å². The average molecular weight is 825 g/mol. The molecule has 63 heavy (non-hydrogen) atoms. The molecule has 0 fully saturated rings. The Bertz CT molecular complexity index is 3910. The summed E-state index contributed by atoms with van der Waals surface area (Å²) in [5, 5.41) is 5.48. The number of para-hydroxylation sites is 3. The molecule has 5 heterocycles. The molecule has 0 aliphatic heterocycles. The Morgan fingerprint density at radius 1 is 0.413 bits per heavy atom. The molecule has 0 aliphatic rings. The van der Waals surface area contributed by atoms with Crippen LogP contribution in [0.3, 0.4) is 0 Å². The molecule has 0 spiro atoms. The Kier molecular flexibility index (Phi) is 7.94. The maximum Gasteiger partial charge on any atom is 0.180 e. The summed E-state index contributed by atoms with van der Waals surface area (Å²) in [7, 11) is 0. The van der Waals surface area contributed by atoms with Gasteiger partial charge in [-0.05, 0) is 48.5 Å². The molecule has 0 radical (unpaired) electrons. The second-order valence-electron chi connectivity index (χ2n) is 15.6. The average Bonchev–Trinajstić information content (AvgIpc) is 4.04. The lowest BCUT2D eigenvalue weighted by Crippen LogP contribution is -2.00. The van der Waals surface area contributed by atoms with Crippen LogP contribution in [-0.4, -0.2) is 29.5 Å². The van der Waals surface area contributed by atoms with E-state index in [2.05, 4.69) is 144 Å². The van der Waals surface area contributed by atoms with E-state index in [0.717, 1.165) is 97.7 Å². The molecule has 5 aromatic heterocycles. The minimum Gasteiger partial charge on any atom is -0.452 e. The number of benzene rings is 8. The van der Waals surface area contributed by atoms with Crippen LogP contribution in [0.1, 0.15) is 0 Å². The number of aromatic nitrogens is 6. The molecular formula is C55H32N6OS. The highest BCUT2D eigenvalue weighted by atomic mass is 32.1. The summed E-state index contributed by atoms with van der Waals surface area (Å²) in [5.41, 5.74) is 11.1. The number of hydrogen-bond acceptors (Lipinski definition) is 7. The second-order valence-corrected chi connectivity index (χ2v) is 16.6. The van der Waals surface area contributed by atoms with Crippen LogP contribution in [0.4, 0.5) is 0 Å². The first-order chi connectivity index (χ1) is 31.2. The zero-order chi connectivity index (χ0) is 41.4. The van der Waals surface area contributed by atoms with E-state index < -0.39 is 0 Å². The van der Waals surface area contributed by atoms with Gasteiger partial charge in [0, 0.05) is 69.8 Å². The highest BCUT2D eigenvalue weighted by Gasteiger charge is 2.22. The van der Waals surface area contributed by atoms with Crippen molar-refractivity contribution >= 4 is 75.4 Å². The predicted octanol–water partition coefficient (Wildman–Crippen LogP) is 14.4. The van der Waals surface area contributed by atoms with Gasteiger partial charge in [-0.25, -0.2) is 24.9 Å². The zero-order valence-electron chi connectivity index (χ0n) is 33.5. The van der Waals surface area contributed by atoms with Crippen LogP contribution in [0.15, 0.2) is 199 Å². The number of rotatable bonds is 6. The Morgan fingerprint density at radius 2 is 1.03 bits per heavy atom. The molecule has 8 heteroatoms. The third kappa shape index (κ3) is 5.69. The first kappa shape index (κ1) is 35.4. The van der Waals surface area contributed by atoms with Gasteiger partial charge in [0.15, 0.2) is 28.9 Å². The minimum atomic E-state index is 0.619. The Hall–Kier alpha value is -8.33. The predicted molar refractivity (Wildman–Crippen MR) is 257 cm³/mol. The molecule has 0 bridgehead atoms. The Balaban J connectivity index is 1.00. The van der Waals surface area contributed by atoms with Crippen LogP contribution in [0.5, 0.6) is 0 Å². The molecular weight excluding hydrogens is 793 g/mol. The molecule has 8 aromatic carbocycles. The van der Waals surface area contributed by atoms with Crippen molar-refractivity contribution in [2.24, 2.45) is 0 Å². The summed E-state index contributed by atoms with van der Waals surface area (Å²) in [4.78, 5) is 26.1. The summed E-state index contributed by atoms with van der Waals surface area (Å²) in [6.45, 7) is 0. The van der Waals surface area contributed by atoms with Crippen molar-refractivity contribution in [3.05, 3.63) is 194 Å². The van der Waals surface area contributed by atoms with E-state index in [1.165, 1.54) is 0 Å². The first-order valence-electron chi connectivity index (χ1n) is 20.8. The van der Waals surface area contributed by atoms with Gasteiger partial charge >= 0.3 is 0 Å².